The molecule has 1 amide bonds. The first-order valence-corrected chi connectivity index (χ1v) is 11.8. The van der Waals surface area contributed by atoms with Crippen LogP contribution in [0.3, 0.4) is 0 Å². The van der Waals surface area contributed by atoms with Crippen molar-refractivity contribution in [3.05, 3.63) is 53.1 Å². The second-order valence-corrected chi connectivity index (χ2v) is 9.73. The summed E-state index contributed by atoms with van der Waals surface area (Å²) in [7, 11) is -3.78. The van der Waals surface area contributed by atoms with Gasteiger partial charge in [0.05, 0.1) is 5.56 Å². The smallest absolute Gasteiger partial charge is 0.356 e. The molecule has 6 nitrogen and oxygen atoms in total. The standard InChI is InChI=1S/C21H23ClF3N3O3S/c1-14(29)26-13-15-8-10-28(11-9-15)32(30,31)27-18-5-2-16(3-6-18)19-12-17(21(23,24)25)4-7-20(19)22/h2-7,12,15,27H,8-11,13H2,1H3,(H,26,29). The van der Waals surface area contributed by atoms with Crippen molar-refractivity contribution in [3.63, 3.8) is 0 Å². The van der Waals surface area contributed by atoms with E-state index in [4.69, 9.17) is 11.6 Å². The van der Waals surface area contributed by atoms with Crippen LogP contribution in [0, 0.1) is 5.92 Å². The highest BCUT2D eigenvalue weighted by Gasteiger charge is 2.31. The molecule has 0 atom stereocenters. The molecular formula is C21H23ClF3N3O3S. The van der Waals surface area contributed by atoms with E-state index in [0.717, 1.165) is 12.1 Å². The average Bonchev–Trinajstić information content (AvgIpc) is 2.72. The van der Waals surface area contributed by atoms with Gasteiger partial charge in [-0.1, -0.05) is 23.7 Å². The summed E-state index contributed by atoms with van der Waals surface area (Å²) in [5.74, 6) is 0.110. The number of carbonyl (C=O) groups excluding carboxylic acids is 1. The highest BCUT2D eigenvalue weighted by molar-refractivity contribution is 7.90. The molecule has 1 aliphatic rings. The van der Waals surface area contributed by atoms with Gasteiger partial charge in [-0.05, 0) is 54.7 Å². The Morgan fingerprint density at radius 1 is 1.12 bits per heavy atom. The number of alkyl halides is 3. The number of amides is 1. The van der Waals surface area contributed by atoms with Crippen LogP contribution in [0.2, 0.25) is 5.02 Å². The van der Waals surface area contributed by atoms with E-state index < -0.39 is 21.9 Å². The number of nitrogens with one attached hydrogen (secondary N) is 2. The predicted octanol–water partition coefficient (Wildman–Crippen LogP) is 4.53. The number of hydrogen-bond acceptors (Lipinski definition) is 3. The lowest BCUT2D eigenvalue weighted by molar-refractivity contribution is -0.137. The number of rotatable bonds is 6. The van der Waals surface area contributed by atoms with Crippen LogP contribution < -0.4 is 10.0 Å². The minimum Gasteiger partial charge on any atom is -0.356 e. The molecule has 32 heavy (non-hydrogen) atoms. The molecule has 0 aliphatic carbocycles. The summed E-state index contributed by atoms with van der Waals surface area (Å²) in [4.78, 5) is 11.0. The van der Waals surface area contributed by atoms with Crippen LogP contribution in [0.4, 0.5) is 18.9 Å². The maximum Gasteiger partial charge on any atom is 0.416 e. The summed E-state index contributed by atoms with van der Waals surface area (Å²) < 4.78 is 68.2. The van der Waals surface area contributed by atoms with Gasteiger partial charge in [0.15, 0.2) is 0 Å². The molecule has 0 saturated carbocycles. The Morgan fingerprint density at radius 2 is 1.75 bits per heavy atom. The topological polar surface area (TPSA) is 78.5 Å². The van der Waals surface area contributed by atoms with E-state index in [2.05, 4.69) is 10.0 Å². The van der Waals surface area contributed by atoms with Gasteiger partial charge in [-0.3, -0.25) is 9.52 Å². The van der Waals surface area contributed by atoms with Gasteiger partial charge in [0.1, 0.15) is 0 Å². The highest BCUT2D eigenvalue weighted by Crippen LogP contribution is 2.36. The zero-order valence-corrected chi connectivity index (χ0v) is 18.8. The molecule has 0 radical (unpaired) electrons. The van der Waals surface area contributed by atoms with Crippen LogP contribution in [0.25, 0.3) is 11.1 Å². The van der Waals surface area contributed by atoms with Gasteiger partial charge in [0.25, 0.3) is 0 Å². The molecule has 0 unspecified atom stereocenters. The van der Waals surface area contributed by atoms with Crippen molar-refractivity contribution in [3.8, 4) is 11.1 Å². The summed E-state index contributed by atoms with van der Waals surface area (Å²) in [6.45, 7) is 2.63. The first-order valence-electron chi connectivity index (χ1n) is 9.95. The van der Waals surface area contributed by atoms with E-state index in [9.17, 15) is 26.4 Å². The lowest BCUT2D eigenvalue weighted by Crippen LogP contribution is -2.43. The van der Waals surface area contributed by atoms with Crippen LogP contribution >= 0.6 is 11.6 Å². The maximum absolute atomic E-state index is 13.0. The van der Waals surface area contributed by atoms with Crippen molar-refractivity contribution in [1.82, 2.24) is 9.62 Å². The van der Waals surface area contributed by atoms with Gasteiger partial charge < -0.3 is 5.32 Å². The SMILES string of the molecule is CC(=O)NCC1CCN(S(=O)(=O)Nc2ccc(-c3cc(C(F)(F)F)ccc3Cl)cc2)CC1. The first-order chi connectivity index (χ1) is 15.0. The molecule has 11 heteroatoms. The van der Waals surface area contributed by atoms with Gasteiger partial charge in [-0.15, -0.1) is 0 Å². The molecule has 174 valence electrons. The summed E-state index contributed by atoms with van der Waals surface area (Å²) in [6.07, 6.45) is -3.23. The van der Waals surface area contributed by atoms with Gasteiger partial charge in [0, 0.05) is 42.8 Å². The Labute approximate surface area is 189 Å². The Bertz CT molecular complexity index is 1070. The third-order valence-electron chi connectivity index (χ3n) is 5.29. The van der Waals surface area contributed by atoms with Gasteiger partial charge in [-0.25, -0.2) is 0 Å². The molecule has 1 fully saturated rings. The monoisotopic (exact) mass is 489 g/mol. The van der Waals surface area contributed by atoms with E-state index in [-0.39, 0.29) is 28.1 Å². The predicted molar refractivity (Wildman–Crippen MR) is 117 cm³/mol. The fourth-order valence-electron chi connectivity index (χ4n) is 3.50. The normalized spacial score (nSPS) is 16.0. The highest BCUT2D eigenvalue weighted by atomic mass is 35.5. The van der Waals surface area contributed by atoms with E-state index in [1.807, 2.05) is 0 Å². The van der Waals surface area contributed by atoms with Gasteiger partial charge >= 0.3 is 16.4 Å². The van der Waals surface area contributed by atoms with Crippen molar-refractivity contribution in [2.75, 3.05) is 24.4 Å². The molecular weight excluding hydrogens is 467 g/mol. The van der Waals surface area contributed by atoms with E-state index in [1.54, 1.807) is 0 Å². The lowest BCUT2D eigenvalue weighted by atomic mass is 9.98. The summed E-state index contributed by atoms with van der Waals surface area (Å²) in [5.41, 5.74) is 0.112. The van der Waals surface area contributed by atoms with E-state index >= 15 is 0 Å². The summed E-state index contributed by atoms with van der Waals surface area (Å²) in [5, 5.41) is 2.91. The molecule has 0 bridgehead atoms. The van der Waals surface area contributed by atoms with Gasteiger partial charge in [-0.2, -0.15) is 25.9 Å². The van der Waals surface area contributed by atoms with Crippen molar-refractivity contribution in [2.45, 2.75) is 25.9 Å². The number of piperidine rings is 1. The molecule has 2 aromatic rings. The third kappa shape index (κ3) is 6.14. The summed E-state index contributed by atoms with van der Waals surface area (Å²) >= 11 is 6.07. The second-order valence-electron chi connectivity index (χ2n) is 7.66. The van der Waals surface area contributed by atoms with Crippen molar-refractivity contribution in [2.24, 2.45) is 5.92 Å². The number of hydrogen-bond donors (Lipinski definition) is 2. The maximum atomic E-state index is 13.0. The minimum atomic E-state index is -4.50. The first kappa shape index (κ1) is 24.3. The Kier molecular flexibility index (Phi) is 7.36. The molecule has 1 heterocycles. The molecule has 2 aromatic carbocycles. The fraction of sp³-hybridized carbons (Fsp3) is 0.381. The number of benzene rings is 2. The molecule has 1 aliphatic heterocycles. The second kappa shape index (κ2) is 9.68. The molecule has 2 N–H and O–H groups in total. The van der Waals surface area contributed by atoms with Crippen molar-refractivity contribution >= 4 is 33.4 Å². The van der Waals surface area contributed by atoms with Crippen LogP contribution in [0.5, 0.6) is 0 Å². The summed E-state index contributed by atoms with van der Waals surface area (Å²) in [6, 6.07) is 9.05. The Hall–Kier alpha value is -2.30. The number of anilines is 1. The minimum absolute atomic E-state index is 0.114. The number of nitrogens with zero attached hydrogens (tertiary/aromatic N) is 1. The van der Waals surface area contributed by atoms with Crippen LogP contribution in [0.1, 0.15) is 25.3 Å². The molecule has 0 spiro atoms. The molecule has 1 saturated heterocycles. The van der Waals surface area contributed by atoms with E-state index in [1.165, 1.54) is 41.6 Å². The van der Waals surface area contributed by atoms with Crippen LogP contribution in [-0.4, -0.2) is 38.3 Å². The third-order valence-corrected chi connectivity index (χ3v) is 7.16. The van der Waals surface area contributed by atoms with Crippen molar-refractivity contribution < 1.29 is 26.4 Å². The molecule has 3 rings (SSSR count). The van der Waals surface area contributed by atoms with E-state index in [0.29, 0.717) is 38.0 Å². The lowest BCUT2D eigenvalue weighted by Gasteiger charge is -2.31. The number of carbonyl (C=O) groups is 1. The Balaban J connectivity index is 1.67. The average molecular weight is 490 g/mol. The van der Waals surface area contributed by atoms with Crippen molar-refractivity contribution in [1.29, 1.82) is 0 Å². The Morgan fingerprint density at radius 3 is 2.31 bits per heavy atom. The number of halogens is 4. The zero-order chi connectivity index (χ0) is 23.5. The largest absolute Gasteiger partial charge is 0.416 e. The van der Waals surface area contributed by atoms with Gasteiger partial charge in [0.2, 0.25) is 5.91 Å². The zero-order valence-electron chi connectivity index (χ0n) is 17.2. The fourth-order valence-corrected chi connectivity index (χ4v) is 4.98. The quantitative estimate of drug-likeness (QED) is 0.625. The van der Waals surface area contributed by atoms with Crippen LogP contribution in [0.15, 0.2) is 42.5 Å². The molecule has 0 aromatic heterocycles. The van der Waals surface area contributed by atoms with Crippen LogP contribution in [-0.2, 0) is 21.2 Å².